The average molecular weight is 217 g/mol. The molecular formula is C12H11NOS. The van der Waals surface area contributed by atoms with Crippen LogP contribution in [0.4, 0.5) is 0 Å². The second kappa shape index (κ2) is 3.43. The highest BCUT2D eigenvalue weighted by Gasteiger charge is 2.31. The lowest BCUT2D eigenvalue weighted by Crippen LogP contribution is -2.09. The van der Waals surface area contributed by atoms with Crippen LogP contribution >= 0.6 is 11.3 Å². The van der Waals surface area contributed by atoms with E-state index in [0.717, 1.165) is 18.4 Å². The third-order valence-corrected chi connectivity index (χ3v) is 3.78. The second-order valence-electron chi connectivity index (χ2n) is 3.89. The van der Waals surface area contributed by atoms with Gasteiger partial charge in [-0.1, -0.05) is 6.07 Å². The number of carbonyl (C=O) groups excluding carboxylic acids is 1. The molecular weight excluding hydrogens is 206 g/mol. The molecule has 0 radical (unpaired) electrons. The Labute approximate surface area is 91.9 Å². The fourth-order valence-corrected chi connectivity index (χ4v) is 2.69. The maximum atomic E-state index is 11.0. The van der Waals surface area contributed by atoms with E-state index in [2.05, 4.69) is 35.0 Å². The van der Waals surface area contributed by atoms with Crippen LogP contribution in [0.1, 0.15) is 11.5 Å². The van der Waals surface area contributed by atoms with Gasteiger partial charge in [0, 0.05) is 17.3 Å². The van der Waals surface area contributed by atoms with E-state index in [1.165, 1.54) is 10.1 Å². The Hall–Kier alpha value is -1.19. The fourth-order valence-electron chi connectivity index (χ4n) is 1.92. The summed E-state index contributed by atoms with van der Waals surface area (Å²) in [4.78, 5) is 11.0. The lowest BCUT2D eigenvalue weighted by atomic mass is 9.96. The van der Waals surface area contributed by atoms with Gasteiger partial charge in [0.25, 0.3) is 0 Å². The molecule has 0 spiro atoms. The molecule has 1 saturated heterocycles. The van der Waals surface area contributed by atoms with Crippen molar-refractivity contribution in [1.82, 2.24) is 5.32 Å². The first-order valence-corrected chi connectivity index (χ1v) is 5.92. The summed E-state index contributed by atoms with van der Waals surface area (Å²) in [6, 6.07) is 8.77. The maximum Gasteiger partial charge on any atom is 0.129 e. The lowest BCUT2D eigenvalue weighted by Gasteiger charge is -2.07. The molecule has 76 valence electrons. The Balaban J connectivity index is 2.04. The van der Waals surface area contributed by atoms with Gasteiger partial charge in [-0.3, -0.25) is 0 Å². The summed E-state index contributed by atoms with van der Waals surface area (Å²) in [5.41, 5.74) is 1.13. The summed E-state index contributed by atoms with van der Waals surface area (Å²) in [6.45, 7) is 0.963. The molecule has 1 aromatic carbocycles. The van der Waals surface area contributed by atoms with Crippen LogP contribution in [0.25, 0.3) is 10.1 Å². The largest absolute Gasteiger partial charge is 0.310 e. The van der Waals surface area contributed by atoms with E-state index in [9.17, 15) is 4.79 Å². The molecule has 2 nitrogen and oxygen atoms in total. The first-order valence-electron chi connectivity index (χ1n) is 5.04. The zero-order valence-electron chi connectivity index (χ0n) is 8.14. The number of hydrogen-bond acceptors (Lipinski definition) is 3. The third-order valence-electron chi connectivity index (χ3n) is 2.88. The van der Waals surface area contributed by atoms with Gasteiger partial charge in [0.1, 0.15) is 6.29 Å². The van der Waals surface area contributed by atoms with Crippen molar-refractivity contribution in [3.8, 4) is 0 Å². The van der Waals surface area contributed by atoms with Crippen LogP contribution in [0.2, 0.25) is 0 Å². The first kappa shape index (κ1) is 9.07. The first-order chi connectivity index (χ1) is 7.38. The number of thiophene rings is 1. The van der Waals surface area contributed by atoms with Crippen molar-refractivity contribution >= 4 is 27.7 Å². The monoisotopic (exact) mass is 217 g/mol. The van der Waals surface area contributed by atoms with Crippen LogP contribution < -0.4 is 5.32 Å². The van der Waals surface area contributed by atoms with Crippen LogP contribution in [0.15, 0.2) is 29.6 Å². The minimum Gasteiger partial charge on any atom is -0.310 e. The standard InChI is InChI=1S/C12H11NOS/c14-7-10(11-6-13-11)8-1-2-12-9(5-8)3-4-15-12/h1-5,7,10-11,13H,6H2/t10?,11-/m0/s1. The summed E-state index contributed by atoms with van der Waals surface area (Å²) < 4.78 is 1.28. The topological polar surface area (TPSA) is 39.0 Å². The predicted octanol–water partition coefficient (Wildman–Crippen LogP) is 2.16. The van der Waals surface area contributed by atoms with E-state index in [0.29, 0.717) is 6.04 Å². The van der Waals surface area contributed by atoms with Crippen LogP contribution in [0.3, 0.4) is 0 Å². The molecule has 1 aliphatic rings. The molecule has 2 atom stereocenters. The number of rotatable bonds is 3. The van der Waals surface area contributed by atoms with Crippen molar-refractivity contribution in [2.45, 2.75) is 12.0 Å². The summed E-state index contributed by atoms with van der Waals surface area (Å²) >= 11 is 1.74. The van der Waals surface area contributed by atoms with Gasteiger partial charge < -0.3 is 10.1 Å². The van der Waals surface area contributed by atoms with Crippen molar-refractivity contribution in [2.75, 3.05) is 6.54 Å². The molecule has 3 heteroatoms. The zero-order valence-corrected chi connectivity index (χ0v) is 8.96. The van der Waals surface area contributed by atoms with Crippen molar-refractivity contribution < 1.29 is 4.79 Å². The highest BCUT2D eigenvalue weighted by atomic mass is 32.1. The Kier molecular flexibility index (Phi) is 2.08. The highest BCUT2D eigenvalue weighted by molar-refractivity contribution is 7.17. The molecule has 1 unspecified atom stereocenters. The summed E-state index contributed by atoms with van der Waals surface area (Å²) in [6.07, 6.45) is 1.05. The summed E-state index contributed by atoms with van der Waals surface area (Å²) in [7, 11) is 0. The second-order valence-corrected chi connectivity index (χ2v) is 4.84. The molecule has 1 aromatic heterocycles. The SMILES string of the molecule is O=CC(c1ccc2sccc2c1)[C@@H]1CN1. The van der Waals surface area contributed by atoms with Gasteiger partial charge in [0.15, 0.2) is 0 Å². The summed E-state index contributed by atoms with van der Waals surface area (Å²) in [5.74, 6) is 0.0225. The van der Waals surface area contributed by atoms with E-state index in [1.807, 2.05) is 0 Å². The van der Waals surface area contributed by atoms with E-state index < -0.39 is 0 Å². The van der Waals surface area contributed by atoms with Gasteiger partial charge >= 0.3 is 0 Å². The molecule has 3 rings (SSSR count). The van der Waals surface area contributed by atoms with Gasteiger partial charge in [0.05, 0.1) is 5.92 Å². The molecule has 0 saturated carbocycles. The van der Waals surface area contributed by atoms with Gasteiger partial charge in [-0.25, -0.2) is 0 Å². The number of nitrogens with one attached hydrogen (secondary N) is 1. The third kappa shape index (κ3) is 1.58. The Bertz CT molecular complexity index is 501. The van der Waals surface area contributed by atoms with E-state index in [1.54, 1.807) is 11.3 Å². The predicted molar refractivity (Wildman–Crippen MR) is 62.4 cm³/mol. The number of hydrogen-bond donors (Lipinski definition) is 1. The van der Waals surface area contributed by atoms with Crippen LogP contribution in [-0.4, -0.2) is 18.9 Å². The number of carbonyl (C=O) groups is 1. The van der Waals surface area contributed by atoms with Crippen molar-refractivity contribution in [1.29, 1.82) is 0 Å². The molecule has 1 N–H and O–H groups in total. The van der Waals surface area contributed by atoms with Crippen LogP contribution in [-0.2, 0) is 4.79 Å². The van der Waals surface area contributed by atoms with E-state index in [4.69, 9.17) is 0 Å². The Morgan fingerprint density at radius 1 is 1.47 bits per heavy atom. The molecule has 15 heavy (non-hydrogen) atoms. The minimum atomic E-state index is 0.0225. The minimum absolute atomic E-state index is 0.0225. The number of benzene rings is 1. The van der Waals surface area contributed by atoms with E-state index in [-0.39, 0.29) is 5.92 Å². The highest BCUT2D eigenvalue weighted by Crippen LogP contribution is 2.28. The molecule has 1 aliphatic heterocycles. The Morgan fingerprint density at radius 2 is 2.33 bits per heavy atom. The quantitative estimate of drug-likeness (QED) is 0.632. The van der Waals surface area contributed by atoms with Crippen LogP contribution in [0, 0.1) is 0 Å². The van der Waals surface area contributed by atoms with Crippen LogP contribution in [0.5, 0.6) is 0 Å². The van der Waals surface area contributed by atoms with Gasteiger partial charge in [0.2, 0.25) is 0 Å². The number of aldehydes is 1. The molecule has 0 amide bonds. The molecule has 0 bridgehead atoms. The Morgan fingerprint density at radius 3 is 3.07 bits per heavy atom. The zero-order chi connectivity index (χ0) is 10.3. The summed E-state index contributed by atoms with van der Waals surface area (Å²) in [5, 5.41) is 6.52. The number of fused-ring (bicyclic) bond motifs is 1. The average Bonchev–Trinajstić information content (AvgIpc) is 2.97. The smallest absolute Gasteiger partial charge is 0.129 e. The lowest BCUT2D eigenvalue weighted by molar-refractivity contribution is -0.109. The van der Waals surface area contributed by atoms with Gasteiger partial charge in [-0.05, 0) is 34.5 Å². The van der Waals surface area contributed by atoms with Crippen molar-refractivity contribution in [3.63, 3.8) is 0 Å². The maximum absolute atomic E-state index is 11.0. The molecule has 0 aliphatic carbocycles. The molecule has 1 fully saturated rings. The van der Waals surface area contributed by atoms with E-state index >= 15 is 0 Å². The normalized spacial score (nSPS) is 21.5. The fraction of sp³-hybridized carbons (Fsp3) is 0.250. The van der Waals surface area contributed by atoms with Crippen molar-refractivity contribution in [2.24, 2.45) is 0 Å². The van der Waals surface area contributed by atoms with Gasteiger partial charge in [-0.2, -0.15) is 0 Å². The molecule has 2 heterocycles. The van der Waals surface area contributed by atoms with Crippen molar-refractivity contribution in [3.05, 3.63) is 35.2 Å². The molecule has 2 aromatic rings. The van der Waals surface area contributed by atoms with Gasteiger partial charge in [-0.15, -0.1) is 11.3 Å².